The Kier molecular flexibility index (Phi) is 2.72. The number of rotatable bonds is 1. The van der Waals surface area contributed by atoms with Crippen LogP contribution in [0.1, 0.15) is 0 Å². The van der Waals surface area contributed by atoms with Crippen LogP contribution in [0.25, 0.3) is 0 Å². The SMILES string of the molecule is N#CC1O[C@H](CO)[C@H](O)C(O)=C1O. The van der Waals surface area contributed by atoms with Gasteiger partial charge >= 0.3 is 0 Å². The molecule has 0 spiro atoms. The lowest BCUT2D eigenvalue weighted by molar-refractivity contribution is -0.101. The smallest absolute Gasteiger partial charge is 0.204 e. The highest BCUT2D eigenvalue weighted by Gasteiger charge is 2.36. The lowest BCUT2D eigenvalue weighted by Crippen LogP contribution is -2.42. The molecule has 0 aliphatic carbocycles. The van der Waals surface area contributed by atoms with Crippen molar-refractivity contribution >= 4 is 0 Å². The van der Waals surface area contributed by atoms with Crippen molar-refractivity contribution < 1.29 is 25.2 Å². The second kappa shape index (κ2) is 3.62. The molecule has 1 aliphatic rings. The van der Waals surface area contributed by atoms with Crippen LogP contribution in [0, 0.1) is 11.3 Å². The molecule has 0 amide bonds. The van der Waals surface area contributed by atoms with E-state index in [1.807, 2.05) is 0 Å². The molecule has 0 radical (unpaired) electrons. The second-order valence-electron chi connectivity index (χ2n) is 2.58. The number of aliphatic hydroxyl groups is 4. The molecule has 6 nitrogen and oxygen atoms in total. The maximum Gasteiger partial charge on any atom is 0.204 e. The van der Waals surface area contributed by atoms with Crippen LogP contribution < -0.4 is 0 Å². The van der Waals surface area contributed by atoms with E-state index in [2.05, 4.69) is 0 Å². The molecule has 0 saturated carbocycles. The average molecular weight is 187 g/mol. The van der Waals surface area contributed by atoms with Crippen molar-refractivity contribution in [2.24, 2.45) is 0 Å². The van der Waals surface area contributed by atoms with E-state index >= 15 is 0 Å². The summed E-state index contributed by atoms with van der Waals surface area (Å²) in [5.74, 6) is -1.43. The van der Waals surface area contributed by atoms with Crippen LogP contribution in [-0.4, -0.2) is 45.3 Å². The van der Waals surface area contributed by atoms with Crippen molar-refractivity contribution in [2.45, 2.75) is 18.3 Å². The van der Waals surface area contributed by atoms with E-state index in [9.17, 15) is 0 Å². The number of aliphatic hydroxyl groups excluding tert-OH is 4. The Balaban J connectivity index is 2.95. The van der Waals surface area contributed by atoms with Gasteiger partial charge in [-0.1, -0.05) is 0 Å². The highest BCUT2D eigenvalue weighted by Crippen LogP contribution is 2.22. The van der Waals surface area contributed by atoms with Gasteiger partial charge in [0.2, 0.25) is 6.10 Å². The van der Waals surface area contributed by atoms with Crippen molar-refractivity contribution in [1.82, 2.24) is 0 Å². The van der Waals surface area contributed by atoms with Crippen molar-refractivity contribution in [2.75, 3.05) is 6.61 Å². The van der Waals surface area contributed by atoms with Crippen molar-refractivity contribution in [1.29, 1.82) is 5.26 Å². The van der Waals surface area contributed by atoms with Gasteiger partial charge in [-0.15, -0.1) is 0 Å². The lowest BCUT2D eigenvalue weighted by atomic mass is 10.1. The standard InChI is InChI=1S/C7H9NO5/c8-1-3-5(10)7(12)6(11)4(2-9)13-3/h3-4,6,9-12H,2H2/t3?,4-,6+/m1/s1. The molecule has 1 unspecified atom stereocenters. The zero-order valence-electron chi connectivity index (χ0n) is 6.58. The normalized spacial score (nSPS) is 34.4. The van der Waals surface area contributed by atoms with Crippen LogP contribution >= 0.6 is 0 Å². The molecule has 0 saturated heterocycles. The minimum atomic E-state index is -1.49. The van der Waals surface area contributed by atoms with E-state index in [-0.39, 0.29) is 0 Å². The summed E-state index contributed by atoms with van der Waals surface area (Å²) >= 11 is 0. The van der Waals surface area contributed by atoms with Crippen LogP contribution in [-0.2, 0) is 4.74 Å². The van der Waals surface area contributed by atoms with Gasteiger partial charge in [0.05, 0.1) is 6.61 Å². The van der Waals surface area contributed by atoms with Gasteiger partial charge in [0.1, 0.15) is 18.3 Å². The van der Waals surface area contributed by atoms with Crippen LogP contribution in [0.5, 0.6) is 0 Å². The number of nitriles is 1. The summed E-state index contributed by atoms with van der Waals surface area (Å²) < 4.78 is 4.75. The quantitative estimate of drug-likeness (QED) is 0.417. The fourth-order valence-corrected chi connectivity index (χ4v) is 1.01. The molecule has 0 aromatic carbocycles. The summed E-state index contributed by atoms with van der Waals surface area (Å²) in [6.45, 7) is -0.545. The predicted octanol–water partition coefficient (Wildman–Crippen LogP) is -1.04. The first-order valence-corrected chi connectivity index (χ1v) is 3.57. The van der Waals surface area contributed by atoms with Gasteiger partial charge in [-0.25, -0.2) is 0 Å². The summed E-state index contributed by atoms with van der Waals surface area (Å²) in [5, 5.41) is 44.4. The molecule has 1 aliphatic heterocycles. The Hall–Kier alpha value is -1.29. The summed E-state index contributed by atoms with van der Waals surface area (Å²) in [6, 6.07) is 1.56. The van der Waals surface area contributed by atoms with Crippen molar-refractivity contribution in [3.63, 3.8) is 0 Å². The Morgan fingerprint density at radius 3 is 2.46 bits per heavy atom. The Morgan fingerprint density at radius 2 is 2.00 bits per heavy atom. The minimum Gasteiger partial charge on any atom is -0.506 e. The van der Waals surface area contributed by atoms with Gasteiger partial charge in [-0.3, -0.25) is 0 Å². The average Bonchev–Trinajstić information content (AvgIpc) is 2.15. The van der Waals surface area contributed by atoms with Crippen LogP contribution in [0.2, 0.25) is 0 Å². The van der Waals surface area contributed by atoms with Gasteiger partial charge in [0, 0.05) is 0 Å². The Bertz CT molecular complexity index is 269. The largest absolute Gasteiger partial charge is 0.506 e. The summed E-state index contributed by atoms with van der Waals surface area (Å²) in [5.41, 5.74) is 0. The van der Waals surface area contributed by atoms with Gasteiger partial charge in [0.25, 0.3) is 0 Å². The fourth-order valence-electron chi connectivity index (χ4n) is 1.01. The van der Waals surface area contributed by atoms with E-state index in [1.165, 1.54) is 0 Å². The van der Waals surface area contributed by atoms with Gasteiger partial charge in [-0.05, 0) is 0 Å². The van der Waals surface area contributed by atoms with Crippen LogP contribution in [0.3, 0.4) is 0 Å². The third kappa shape index (κ3) is 1.58. The lowest BCUT2D eigenvalue weighted by Gasteiger charge is -2.28. The first-order chi connectivity index (χ1) is 6.11. The van der Waals surface area contributed by atoms with Gasteiger partial charge in [-0.2, -0.15) is 5.26 Å². The molecule has 0 fully saturated rings. The van der Waals surface area contributed by atoms with E-state index in [1.54, 1.807) is 6.07 Å². The molecule has 1 heterocycles. The Morgan fingerprint density at radius 1 is 1.38 bits per heavy atom. The second-order valence-corrected chi connectivity index (χ2v) is 2.58. The topological polar surface area (TPSA) is 114 Å². The molecule has 72 valence electrons. The zero-order chi connectivity index (χ0) is 10.0. The molecule has 0 aromatic heterocycles. The first-order valence-electron chi connectivity index (χ1n) is 3.57. The fraction of sp³-hybridized carbons (Fsp3) is 0.571. The molecular weight excluding hydrogens is 178 g/mol. The number of hydrogen-bond acceptors (Lipinski definition) is 6. The third-order valence-corrected chi connectivity index (χ3v) is 1.75. The highest BCUT2D eigenvalue weighted by atomic mass is 16.5. The highest BCUT2D eigenvalue weighted by molar-refractivity contribution is 5.20. The number of nitrogens with zero attached hydrogens (tertiary/aromatic N) is 1. The summed E-state index contributed by atoms with van der Waals surface area (Å²) in [4.78, 5) is 0. The number of hydrogen-bond donors (Lipinski definition) is 4. The van der Waals surface area contributed by atoms with Crippen LogP contribution in [0.4, 0.5) is 0 Å². The maximum absolute atomic E-state index is 9.16. The zero-order valence-corrected chi connectivity index (χ0v) is 6.58. The summed E-state index contributed by atoms with van der Waals surface area (Å²) in [7, 11) is 0. The van der Waals surface area contributed by atoms with Crippen molar-refractivity contribution in [3.05, 3.63) is 11.5 Å². The molecule has 0 bridgehead atoms. The monoisotopic (exact) mass is 187 g/mol. The molecule has 6 heteroatoms. The molecule has 4 N–H and O–H groups in total. The third-order valence-electron chi connectivity index (χ3n) is 1.75. The minimum absolute atomic E-state index is 0.545. The Labute approximate surface area is 73.9 Å². The van der Waals surface area contributed by atoms with E-state index in [4.69, 9.17) is 30.4 Å². The first kappa shape index (κ1) is 9.80. The van der Waals surface area contributed by atoms with Gasteiger partial charge < -0.3 is 25.2 Å². The van der Waals surface area contributed by atoms with Crippen LogP contribution in [0.15, 0.2) is 11.5 Å². The van der Waals surface area contributed by atoms with Crippen molar-refractivity contribution in [3.8, 4) is 6.07 Å². The molecule has 0 aromatic rings. The van der Waals surface area contributed by atoms with Gasteiger partial charge in [0.15, 0.2) is 11.5 Å². The van der Waals surface area contributed by atoms with E-state index in [0.717, 1.165) is 0 Å². The van der Waals surface area contributed by atoms with E-state index in [0.29, 0.717) is 0 Å². The van der Waals surface area contributed by atoms with E-state index < -0.39 is 36.4 Å². The number of ether oxygens (including phenoxy) is 1. The predicted molar refractivity (Wildman–Crippen MR) is 39.7 cm³/mol. The summed E-state index contributed by atoms with van der Waals surface area (Å²) in [6.07, 6.45) is -3.91. The maximum atomic E-state index is 9.16. The molecule has 3 atom stereocenters. The molecule has 13 heavy (non-hydrogen) atoms. The molecular formula is C7H9NO5. The molecule has 1 rings (SSSR count).